The molecule has 2 aromatic carbocycles. The average molecular weight is 482 g/mol. The summed E-state index contributed by atoms with van der Waals surface area (Å²) >= 11 is 5.90. The van der Waals surface area contributed by atoms with Gasteiger partial charge in [0, 0.05) is 24.3 Å². The van der Waals surface area contributed by atoms with Crippen LogP contribution in [0, 0.1) is 11.8 Å². The van der Waals surface area contributed by atoms with Gasteiger partial charge in [-0.1, -0.05) is 23.7 Å². The van der Waals surface area contributed by atoms with Crippen LogP contribution in [-0.4, -0.2) is 51.0 Å². The highest BCUT2D eigenvalue weighted by Gasteiger charge is 2.43. The molecule has 0 spiro atoms. The summed E-state index contributed by atoms with van der Waals surface area (Å²) in [6.45, 7) is 1.81. The summed E-state index contributed by atoms with van der Waals surface area (Å²) in [5.41, 5.74) is 0.941. The van der Waals surface area contributed by atoms with Crippen LogP contribution in [0.3, 0.4) is 0 Å². The Morgan fingerprint density at radius 1 is 0.971 bits per heavy atom. The maximum Gasteiger partial charge on any atom is 0.356 e. The number of aromatic carboxylic acids is 1. The lowest BCUT2D eigenvalue weighted by atomic mass is 10.0. The van der Waals surface area contributed by atoms with Crippen LogP contribution in [0.25, 0.3) is 0 Å². The monoisotopic (exact) mass is 481 g/mol. The average Bonchev–Trinajstić information content (AvgIpc) is 3.55. The number of fused-ring (bicyclic) bond motifs is 1. The van der Waals surface area contributed by atoms with Crippen molar-refractivity contribution in [1.29, 1.82) is 0 Å². The van der Waals surface area contributed by atoms with Gasteiger partial charge in [0.2, 0.25) is 0 Å². The maximum atomic E-state index is 12.7. The first kappa shape index (κ1) is 22.4. The Morgan fingerprint density at radius 3 is 2.18 bits per heavy atom. The zero-order valence-corrected chi connectivity index (χ0v) is 19.1. The van der Waals surface area contributed by atoms with E-state index in [0.717, 1.165) is 34.6 Å². The molecule has 1 aliphatic carbocycles. The summed E-state index contributed by atoms with van der Waals surface area (Å²) in [6.07, 6.45) is 3.38. The predicted molar refractivity (Wildman–Crippen MR) is 124 cm³/mol. The molecule has 9 heteroatoms. The van der Waals surface area contributed by atoms with Crippen molar-refractivity contribution in [3.05, 3.63) is 77.1 Å². The molecule has 176 valence electrons. The van der Waals surface area contributed by atoms with Crippen molar-refractivity contribution in [3.63, 3.8) is 0 Å². The summed E-state index contributed by atoms with van der Waals surface area (Å²) in [4.78, 5) is 25.4. The van der Waals surface area contributed by atoms with Gasteiger partial charge in [-0.05, 0) is 72.7 Å². The molecule has 5 rings (SSSR count). The van der Waals surface area contributed by atoms with Crippen LogP contribution in [0.5, 0.6) is 11.5 Å². The normalized spacial score (nSPS) is 21.4. The van der Waals surface area contributed by atoms with E-state index in [0.29, 0.717) is 36.6 Å². The quantitative estimate of drug-likeness (QED) is 0.537. The van der Waals surface area contributed by atoms with Crippen LogP contribution in [-0.2, 0) is 11.3 Å². The molecule has 1 N–H and O–H groups in total. The van der Waals surface area contributed by atoms with Crippen molar-refractivity contribution in [2.45, 2.75) is 25.6 Å². The highest BCUT2D eigenvalue weighted by atomic mass is 35.5. The van der Waals surface area contributed by atoms with Gasteiger partial charge in [0.05, 0.1) is 12.7 Å². The topological polar surface area (TPSA) is 93.9 Å². The van der Waals surface area contributed by atoms with Crippen molar-refractivity contribution in [2.75, 3.05) is 13.1 Å². The number of aromatic nitrogens is 2. The van der Waals surface area contributed by atoms with Crippen molar-refractivity contribution in [1.82, 2.24) is 14.7 Å². The van der Waals surface area contributed by atoms with Gasteiger partial charge < -0.3 is 19.5 Å². The standard InChI is InChI=1S/C25H24ClN3O5/c26-19-3-7-21(8-4-19)34-20-5-1-16(2-6-20)15-33-22-11-17-13-28(14-18(17)12-22)25(32)29-10-9-23(27-29)24(30)31/h1-10,17-18,22H,11-15H2,(H,30,31)/t17-,18+,22+. The number of benzene rings is 2. The Kier molecular flexibility index (Phi) is 6.26. The molecule has 1 saturated heterocycles. The van der Waals surface area contributed by atoms with E-state index >= 15 is 0 Å². The number of hydrogen-bond donors (Lipinski definition) is 1. The van der Waals surface area contributed by atoms with Crippen LogP contribution in [0.2, 0.25) is 5.02 Å². The minimum atomic E-state index is -1.14. The lowest BCUT2D eigenvalue weighted by Gasteiger charge is -2.19. The van der Waals surface area contributed by atoms with Gasteiger partial charge in [-0.3, -0.25) is 0 Å². The molecule has 0 radical (unpaired) electrons. The van der Waals surface area contributed by atoms with Crippen molar-refractivity contribution in [3.8, 4) is 11.5 Å². The first-order valence-electron chi connectivity index (χ1n) is 11.2. The molecule has 34 heavy (non-hydrogen) atoms. The number of hydrogen-bond acceptors (Lipinski definition) is 5. The molecule has 0 unspecified atom stereocenters. The Balaban J connectivity index is 1.08. The molecule has 1 amide bonds. The third kappa shape index (κ3) is 4.93. The molecule has 1 saturated carbocycles. The van der Waals surface area contributed by atoms with Crippen molar-refractivity contribution >= 4 is 23.6 Å². The van der Waals surface area contributed by atoms with E-state index in [1.54, 1.807) is 17.0 Å². The fourth-order valence-corrected chi connectivity index (χ4v) is 4.86. The second-order valence-electron chi connectivity index (χ2n) is 8.76. The van der Waals surface area contributed by atoms with Gasteiger partial charge >= 0.3 is 12.0 Å². The number of carbonyl (C=O) groups excluding carboxylic acids is 1. The van der Waals surface area contributed by atoms with Crippen molar-refractivity contribution in [2.24, 2.45) is 11.8 Å². The molecule has 8 nitrogen and oxygen atoms in total. The van der Waals surface area contributed by atoms with Gasteiger partial charge in [0.1, 0.15) is 11.5 Å². The fourth-order valence-electron chi connectivity index (χ4n) is 4.73. The van der Waals surface area contributed by atoms with E-state index in [4.69, 9.17) is 26.2 Å². The second kappa shape index (κ2) is 9.48. The van der Waals surface area contributed by atoms with Crippen LogP contribution >= 0.6 is 11.6 Å². The number of carbonyl (C=O) groups is 2. The number of carboxylic acid groups (broad SMARTS) is 1. The molecular formula is C25H24ClN3O5. The molecule has 3 atom stereocenters. The maximum absolute atomic E-state index is 12.7. The van der Waals surface area contributed by atoms with E-state index in [1.807, 2.05) is 36.4 Å². The van der Waals surface area contributed by atoms with Gasteiger partial charge in [-0.2, -0.15) is 9.78 Å². The van der Waals surface area contributed by atoms with Crippen LogP contribution in [0.15, 0.2) is 60.8 Å². The number of rotatable bonds is 6. The lowest BCUT2D eigenvalue weighted by molar-refractivity contribution is 0.0383. The summed E-state index contributed by atoms with van der Waals surface area (Å²) in [6, 6.07) is 16.1. The van der Waals surface area contributed by atoms with Gasteiger partial charge in [-0.25, -0.2) is 9.59 Å². The third-order valence-electron chi connectivity index (χ3n) is 6.44. The SMILES string of the molecule is O=C(O)c1ccn(C(=O)N2C[C@H]3C[C@H](OCc4ccc(Oc5ccc(Cl)cc5)cc4)C[C@H]3C2)n1. The summed E-state index contributed by atoms with van der Waals surface area (Å²) in [7, 11) is 0. The Morgan fingerprint density at radius 2 is 1.59 bits per heavy atom. The van der Waals surface area contributed by atoms with Gasteiger partial charge in [0.25, 0.3) is 0 Å². The minimum Gasteiger partial charge on any atom is -0.476 e. The van der Waals surface area contributed by atoms with Crippen LogP contribution < -0.4 is 4.74 Å². The van der Waals surface area contributed by atoms with Crippen LogP contribution in [0.4, 0.5) is 4.79 Å². The summed E-state index contributed by atoms with van der Waals surface area (Å²) < 4.78 is 13.1. The number of carboxylic acids is 1. The zero-order chi connectivity index (χ0) is 23.7. The lowest BCUT2D eigenvalue weighted by Crippen LogP contribution is -2.34. The Labute approximate surface area is 201 Å². The first-order chi connectivity index (χ1) is 16.4. The van der Waals surface area contributed by atoms with E-state index in [1.165, 1.54) is 12.3 Å². The molecule has 0 bridgehead atoms. The van der Waals surface area contributed by atoms with Crippen molar-refractivity contribution < 1.29 is 24.2 Å². The number of ether oxygens (including phenoxy) is 2. The number of amides is 1. The van der Waals surface area contributed by atoms with E-state index < -0.39 is 5.97 Å². The van der Waals surface area contributed by atoms with E-state index in [9.17, 15) is 9.59 Å². The zero-order valence-electron chi connectivity index (χ0n) is 18.3. The molecule has 2 aliphatic rings. The number of nitrogens with zero attached hydrogens (tertiary/aromatic N) is 3. The van der Waals surface area contributed by atoms with Gasteiger partial charge in [0.15, 0.2) is 5.69 Å². The minimum absolute atomic E-state index is 0.134. The first-order valence-corrected chi connectivity index (χ1v) is 11.5. The van der Waals surface area contributed by atoms with E-state index in [-0.39, 0.29) is 17.8 Å². The summed E-state index contributed by atoms with van der Waals surface area (Å²) in [5, 5.41) is 13.5. The molecule has 1 aromatic heterocycles. The molecular weight excluding hydrogens is 458 g/mol. The molecule has 2 fully saturated rings. The summed E-state index contributed by atoms with van der Waals surface area (Å²) in [5.74, 6) is 1.11. The number of halogens is 1. The third-order valence-corrected chi connectivity index (χ3v) is 6.69. The van der Waals surface area contributed by atoms with Gasteiger partial charge in [-0.15, -0.1) is 0 Å². The highest BCUT2D eigenvalue weighted by Crippen LogP contribution is 2.40. The van der Waals surface area contributed by atoms with E-state index in [2.05, 4.69) is 5.10 Å². The number of likely N-dealkylation sites (tertiary alicyclic amines) is 1. The predicted octanol–water partition coefficient (Wildman–Crippen LogP) is 4.92. The molecule has 2 heterocycles. The van der Waals surface area contributed by atoms with Crippen LogP contribution in [0.1, 0.15) is 28.9 Å². The molecule has 1 aliphatic heterocycles. The highest BCUT2D eigenvalue weighted by molar-refractivity contribution is 6.30. The fraction of sp³-hybridized carbons (Fsp3) is 0.320. The Bertz CT molecular complexity index is 1160. The largest absolute Gasteiger partial charge is 0.476 e. The Hall–Kier alpha value is -3.36. The molecule has 3 aromatic rings. The second-order valence-corrected chi connectivity index (χ2v) is 9.20. The smallest absolute Gasteiger partial charge is 0.356 e.